The van der Waals surface area contributed by atoms with E-state index in [1.54, 1.807) is 6.07 Å². The Morgan fingerprint density at radius 1 is 1.40 bits per heavy atom. The maximum absolute atomic E-state index is 12.5. The number of hydrogen-bond donors (Lipinski definition) is 1. The number of halogens is 3. The zero-order valence-corrected chi connectivity index (χ0v) is 11.2. The van der Waals surface area contributed by atoms with Crippen molar-refractivity contribution in [2.45, 2.75) is 36.1 Å². The van der Waals surface area contributed by atoms with Crippen LogP contribution in [0.25, 0.3) is 0 Å². The summed E-state index contributed by atoms with van der Waals surface area (Å²) in [5.74, 6) is -0.540. The first-order valence-corrected chi connectivity index (χ1v) is 7.03. The monoisotopic (exact) mass is 306 g/mol. The summed E-state index contributed by atoms with van der Waals surface area (Å²) in [6, 6.07) is 5.08. The van der Waals surface area contributed by atoms with Gasteiger partial charge in [0, 0.05) is 10.6 Å². The van der Waals surface area contributed by atoms with Crippen molar-refractivity contribution in [1.82, 2.24) is 0 Å². The lowest BCUT2D eigenvalue weighted by molar-refractivity contribution is -0.149. The lowest BCUT2D eigenvalue weighted by Gasteiger charge is -2.12. The van der Waals surface area contributed by atoms with Gasteiger partial charge in [-0.1, -0.05) is 6.07 Å². The normalized spacial score (nSPS) is 22.9. The maximum atomic E-state index is 12.5. The highest BCUT2D eigenvalue weighted by Gasteiger charge is 2.32. The quantitative estimate of drug-likeness (QED) is 0.866. The first-order valence-electron chi connectivity index (χ1n) is 6.04. The number of carbonyl (C=O) groups is 1. The SMILES string of the molecule is O=C(O)C1CCC(CSc2cccc(C(F)(F)F)c2)O1. The second-order valence-corrected chi connectivity index (χ2v) is 5.59. The van der Waals surface area contributed by atoms with Gasteiger partial charge in [-0.15, -0.1) is 11.8 Å². The Bertz CT molecular complexity index is 490. The lowest BCUT2D eigenvalue weighted by atomic mass is 10.2. The Morgan fingerprint density at radius 3 is 2.75 bits per heavy atom. The minimum atomic E-state index is -4.35. The van der Waals surface area contributed by atoms with Gasteiger partial charge in [0.25, 0.3) is 0 Å². The molecule has 0 radical (unpaired) electrons. The third-order valence-electron chi connectivity index (χ3n) is 2.98. The van der Waals surface area contributed by atoms with Crippen LogP contribution in [-0.2, 0) is 15.7 Å². The molecule has 0 aromatic heterocycles. The fourth-order valence-corrected chi connectivity index (χ4v) is 2.97. The Kier molecular flexibility index (Phi) is 4.59. The van der Waals surface area contributed by atoms with Crippen molar-refractivity contribution < 1.29 is 27.8 Å². The third kappa shape index (κ3) is 3.89. The molecule has 110 valence electrons. The molecule has 2 unspecified atom stereocenters. The molecule has 1 aromatic rings. The summed E-state index contributed by atoms with van der Waals surface area (Å²) >= 11 is 1.24. The molecule has 0 saturated carbocycles. The summed E-state index contributed by atoms with van der Waals surface area (Å²) in [5.41, 5.74) is -0.682. The molecule has 1 N–H and O–H groups in total. The van der Waals surface area contributed by atoms with E-state index in [0.29, 0.717) is 23.5 Å². The number of carboxylic acid groups (broad SMARTS) is 1. The van der Waals surface area contributed by atoms with Gasteiger partial charge < -0.3 is 9.84 Å². The van der Waals surface area contributed by atoms with Crippen LogP contribution in [0.3, 0.4) is 0 Å². The number of hydrogen-bond acceptors (Lipinski definition) is 3. The van der Waals surface area contributed by atoms with Gasteiger partial charge in [0.15, 0.2) is 6.10 Å². The third-order valence-corrected chi connectivity index (χ3v) is 4.11. The highest BCUT2D eigenvalue weighted by Crippen LogP contribution is 2.33. The maximum Gasteiger partial charge on any atom is 0.416 e. The number of rotatable bonds is 4. The predicted octanol–water partition coefficient (Wildman–Crippen LogP) is 3.43. The van der Waals surface area contributed by atoms with Crippen LogP contribution in [0.4, 0.5) is 13.2 Å². The molecule has 1 aromatic carbocycles. The molecular formula is C13H13F3O3S. The van der Waals surface area contributed by atoms with Crippen molar-refractivity contribution in [3.63, 3.8) is 0 Å². The molecule has 1 heterocycles. The number of alkyl halides is 3. The molecule has 0 bridgehead atoms. The molecule has 20 heavy (non-hydrogen) atoms. The van der Waals surface area contributed by atoms with Crippen molar-refractivity contribution >= 4 is 17.7 Å². The zero-order valence-electron chi connectivity index (χ0n) is 10.4. The first-order chi connectivity index (χ1) is 9.36. The molecule has 2 rings (SSSR count). The topological polar surface area (TPSA) is 46.5 Å². The molecule has 0 spiro atoms. The Balaban J connectivity index is 1.90. The fraction of sp³-hybridized carbons (Fsp3) is 0.462. The van der Waals surface area contributed by atoms with E-state index in [1.807, 2.05) is 0 Å². The summed E-state index contributed by atoms with van der Waals surface area (Å²) in [6.45, 7) is 0. The van der Waals surface area contributed by atoms with E-state index in [9.17, 15) is 18.0 Å². The zero-order chi connectivity index (χ0) is 14.8. The van der Waals surface area contributed by atoms with E-state index in [-0.39, 0.29) is 6.10 Å². The Labute approximate surface area is 118 Å². The summed E-state index contributed by atoms with van der Waals surface area (Å²) in [7, 11) is 0. The molecule has 2 atom stereocenters. The molecule has 3 nitrogen and oxygen atoms in total. The van der Waals surface area contributed by atoms with E-state index in [4.69, 9.17) is 9.84 Å². The van der Waals surface area contributed by atoms with Crippen molar-refractivity contribution in [3.05, 3.63) is 29.8 Å². The van der Waals surface area contributed by atoms with Crippen LogP contribution in [0.5, 0.6) is 0 Å². The van der Waals surface area contributed by atoms with Crippen molar-refractivity contribution in [2.24, 2.45) is 0 Å². The van der Waals surface area contributed by atoms with E-state index in [2.05, 4.69) is 0 Å². The fourth-order valence-electron chi connectivity index (χ4n) is 1.96. The van der Waals surface area contributed by atoms with Crippen LogP contribution in [0.1, 0.15) is 18.4 Å². The van der Waals surface area contributed by atoms with Crippen molar-refractivity contribution in [3.8, 4) is 0 Å². The summed E-state index contributed by atoms with van der Waals surface area (Å²) in [5, 5.41) is 8.79. The molecular weight excluding hydrogens is 293 g/mol. The van der Waals surface area contributed by atoms with Gasteiger partial charge in [-0.2, -0.15) is 13.2 Å². The standard InChI is InChI=1S/C13H13F3O3S/c14-13(15,16)8-2-1-3-10(6-8)20-7-9-4-5-11(19-9)12(17)18/h1-3,6,9,11H,4-5,7H2,(H,17,18). The molecule has 0 amide bonds. The molecule has 1 aliphatic rings. The van der Waals surface area contributed by atoms with E-state index < -0.39 is 23.8 Å². The highest BCUT2D eigenvalue weighted by atomic mass is 32.2. The van der Waals surface area contributed by atoms with Gasteiger partial charge in [-0.3, -0.25) is 0 Å². The molecule has 0 aliphatic carbocycles. The average Bonchev–Trinajstić information content (AvgIpc) is 2.85. The van der Waals surface area contributed by atoms with E-state index in [0.717, 1.165) is 12.1 Å². The average molecular weight is 306 g/mol. The van der Waals surface area contributed by atoms with E-state index in [1.165, 1.54) is 17.8 Å². The van der Waals surface area contributed by atoms with Gasteiger partial charge in [0.1, 0.15) is 0 Å². The van der Waals surface area contributed by atoms with Crippen LogP contribution < -0.4 is 0 Å². The number of carboxylic acids is 1. The van der Waals surface area contributed by atoms with Crippen LogP contribution in [0, 0.1) is 0 Å². The highest BCUT2D eigenvalue weighted by molar-refractivity contribution is 7.99. The van der Waals surface area contributed by atoms with Gasteiger partial charge in [0.05, 0.1) is 11.7 Å². The largest absolute Gasteiger partial charge is 0.479 e. The van der Waals surface area contributed by atoms with Gasteiger partial charge in [0.2, 0.25) is 0 Å². The smallest absolute Gasteiger partial charge is 0.416 e. The lowest BCUT2D eigenvalue weighted by Crippen LogP contribution is -2.21. The van der Waals surface area contributed by atoms with Crippen LogP contribution in [-0.4, -0.2) is 29.0 Å². The van der Waals surface area contributed by atoms with Crippen molar-refractivity contribution in [2.75, 3.05) is 5.75 Å². The molecule has 1 saturated heterocycles. The predicted molar refractivity (Wildman–Crippen MR) is 67.7 cm³/mol. The minimum absolute atomic E-state index is 0.226. The van der Waals surface area contributed by atoms with Gasteiger partial charge in [-0.05, 0) is 31.0 Å². The van der Waals surface area contributed by atoms with Crippen LogP contribution in [0.2, 0.25) is 0 Å². The molecule has 1 fully saturated rings. The van der Waals surface area contributed by atoms with Crippen molar-refractivity contribution in [1.29, 1.82) is 0 Å². The van der Waals surface area contributed by atoms with Gasteiger partial charge in [-0.25, -0.2) is 4.79 Å². The number of aliphatic carboxylic acids is 1. The Hall–Kier alpha value is -1.21. The number of benzene rings is 1. The summed E-state index contributed by atoms with van der Waals surface area (Å²) < 4.78 is 42.9. The van der Waals surface area contributed by atoms with Gasteiger partial charge >= 0.3 is 12.1 Å². The number of thioether (sulfide) groups is 1. The van der Waals surface area contributed by atoms with Crippen LogP contribution in [0.15, 0.2) is 29.2 Å². The number of ether oxygens (including phenoxy) is 1. The first kappa shape index (κ1) is 15.2. The summed E-state index contributed by atoms with van der Waals surface area (Å²) in [6.07, 6.45) is -4.31. The molecule has 7 heteroatoms. The van der Waals surface area contributed by atoms with E-state index >= 15 is 0 Å². The summed E-state index contributed by atoms with van der Waals surface area (Å²) in [4.78, 5) is 11.2. The molecule has 1 aliphatic heterocycles. The second kappa shape index (κ2) is 6.05. The second-order valence-electron chi connectivity index (χ2n) is 4.50. The Morgan fingerprint density at radius 2 is 2.15 bits per heavy atom. The minimum Gasteiger partial charge on any atom is -0.479 e. The van der Waals surface area contributed by atoms with Crippen LogP contribution >= 0.6 is 11.8 Å².